The van der Waals surface area contributed by atoms with Crippen LogP contribution in [-0.4, -0.2) is 52.5 Å². The minimum atomic E-state index is 0. The highest BCUT2D eigenvalue weighted by atomic mass is 127. The largest absolute Gasteiger partial charge is 0.377 e. The number of nitrogens with one attached hydrogen (secondary N) is 2. The molecular weight excluding hydrogens is 465 g/mol. The van der Waals surface area contributed by atoms with Gasteiger partial charge in [-0.2, -0.15) is 5.10 Å². The molecule has 0 aliphatic carbocycles. The standard InChI is InChI=1S/C16H25N7OS.HI/c1-11-19-13(10-25-11)6-7-18-16(17-2)20-12-4-5-15-21-14(9-24-3)22-23(15)8-12;/h10,12H,4-9H2,1-3H3,(H2,17,18,20);1H. The van der Waals surface area contributed by atoms with Gasteiger partial charge < -0.3 is 15.4 Å². The van der Waals surface area contributed by atoms with Gasteiger partial charge in [-0.15, -0.1) is 35.3 Å². The quantitative estimate of drug-likeness (QED) is 0.362. The van der Waals surface area contributed by atoms with Gasteiger partial charge in [0.25, 0.3) is 0 Å². The normalized spacial score (nSPS) is 16.7. The Labute approximate surface area is 174 Å². The van der Waals surface area contributed by atoms with Crippen LogP contribution in [0.3, 0.4) is 0 Å². The van der Waals surface area contributed by atoms with Gasteiger partial charge in [-0.1, -0.05) is 0 Å². The molecule has 2 aromatic rings. The Morgan fingerprint density at radius 1 is 1.46 bits per heavy atom. The van der Waals surface area contributed by atoms with E-state index in [-0.39, 0.29) is 30.0 Å². The van der Waals surface area contributed by atoms with Crippen LogP contribution in [0.2, 0.25) is 0 Å². The van der Waals surface area contributed by atoms with E-state index in [2.05, 4.69) is 36.1 Å². The van der Waals surface area contributed by atoms with E-state index in [1.165, 1.54) is 0 Å². The Balaban J connectivity index is 0.00000243. The molecule has 1 aliphatic rings. The summed E-state index contributed by atoms with van der Waals surface area (Å²) in [5.41, 5.74) is 1.13. The number of rotatable bonds is 6. The van der Waals surface area contributed by atoms with Crippen LogP contribution < -0.4 is 10.6 Å². The van der Waals surface area contributed by atoms with Gasteiger partial charge in [0.15, 0.2) is 11.8 Å². The van der Waals surface area contributed by atoms with E-state index in [4.69, 9.17) is 4.74 Å². The van der Waals surface area contributed by atoms with Crippen molar-refractivity contribution in [1.29, 1.82) is 0 Å². The first-order valence-corrected chi connectivity index (χ1v) is 9.35. The minimum Gasteiger partial charge on any atom is -0.377 e. The number of aliphatic imine (C=N–C) groups is 1. The van der Waals surface area contributed by atoms with Gasteiger partial charge >= 0.3 is 0 Å². The first-order valence-electron chi connectivity index (χ1n) is 8.47. The molecule has 0 saturated heterocycles. The van der Waals surface area contributed by atoms with Gasteiger partial charge in [-0.3, -0.25) is 4.99 Å². The smallest absolute Gasteiger partial charge is 0.191 e. The van der Waals surface area contributed by atoms with E-state index in [0.717, 1.165) is 60.7 Å². The van der Waals surface area contributed by atoms with Crippen LogP contribution in [0.25, 0.3) is 0 Å². The average Bonchev–Trinajstić information content (AvgIpc) is 3.19. The first kappa shape index (κ1) is 21.0. The molecule has 0 radical (unpaired) electrons. The van der Waals surface area contributed by atoms with Gasteiger partial charge in [-0.25, -0.2) is 14.6 Å². The average molecular weight is 491 g/mol. The van der Waals surface area contributed by atoms with Crippen LogP contribution in [0.15, 0.2) is 10.4 Å². The Kier molecular flexibility index (Phi) is 8.22. The molecule has 1 aliphatic heterocycles. The number of ether oxygens (including phenoxy) is 1. The Morgan fingerprint density at radius 3 is 3.00 bits per heavy atom. The van der Waals surface area contributed by atoms with E-state index in [0.29, 0.717) is 6.61 Å². The zero-order chi connectivity index (χ0) is 17.6. The molecule has 0 amide bonds. The van der Waals surface area contributed by atoms with Crippen molar-refractivity contribution in [3.63, 3.8) is 0 Å². The lowest BCUT2D eigenvalue weighted by molar-refractivity contribution is 0.177. The molecule has 0 spiro atoms. The van der Waals surface area contributed by atoms with Gasteiger partial charge in [0.05, 0.1) is 17.2 Å². The number of methoxy groups -OCH3 is 1. The number of hydrogen-bond acceptors (Lipinski definition) is 6. The van der Waals surface area contributed by atoms with Crippen molar-refractivity contribution < 1.29 is 4.74 Å². The Morgan fingerprint density at radius 2 is 2.31 bits per heavy atom. The van der Waals surface area contributed by atoms with E-state index in [1.807, 2.05) is 11.6 Å². The van der Waals surface area contributed by atoms with Gasteiger partial charge in [-0.05, 0) is 13.3 Å². The number of aromatic nitrogens is 4. The molecule has 2 aromatic heterocycles. The summed E-state index contributed by atoms with van der Waals surface area (Å²) in [5, 5.41) is 14.6. The number of guanidine groups is 1. The molecule has 2 N–H and O–H groups in total. The molecule has 10 heteroatoms. The zero-order valence-electron chi connectivity index (χ0n) is 15.4. The number of nitrogens with zero attached hydrogens (tertiary/aromatic N) is 5. The highest BCUT2D eigenvalue weighted by Gasteiger charge is 2.22. The van der Waals surface area contributed by atoms with Crippen molar-refractivity contribution in [1.82, 2.24) is 30.4 Å². The topological polar surface area (TPSA) is 89.2 Å². The summed E-state index contributed by atoms with van der Waals surface area (Å²) < 4.78 is 7.08. The van der Waals surface area contributed by atoms with Crippen molar-refractivity contribution in [2.75, 3.05) is 20.7 Å². The second kappa shape index (κ2) is 10.2. The zero-order valence-corrected chi connectivity index (χ0v) is 18.5. The predicted octanol–water partition coefficient (Wildman–Crippen LogP) is 1.53. The maximum absolute atomic E-state index is 5.11. The maximum Gasteiger partial charge on any atom is 0.191 e. The molecule has 26 heavy (non-hydrogen) atoms. The van der Waals surface area contributed by atoms with Crippen LogP contribution in [-0.2, 0) is 30.7 Å². The number of aryl methyl sites for hydroxylation is 2. The van der Waals surface area contributed by atoms with Crippen molar-refractivity contribution in [2.45, 2.75) is 45.4 Å². The molecule has 1 atom stereocenters. The number of thiazole rings is 1. The van der Waals surface area contributed by atoms with Crippen molar-refractivity contribution >= 4 is 41.3 Å². The summed E-state index contributed by atoms with van der Waals surface area (Å²) in [6.45, 7) is 4.08. The van der Waals surface area contributed by atoms with E-state index in [9.17, 15) is 0 Å². The van der Waals surface area contributed by atoms with Gasteiger partial charge in [0.1, 0.15) is 12.4 Å². The van der Waals surface area contributed by atoms with E-state index in [1.54, 1.807) is 25.5 Å². The van der Waals surface area contributed by atoms with Crippen LogP contribution in [0, 0.1) is 6.92 Å². The van der Waals surface area contributed by atoms with Crippen LogP contribution in [0.1, 0.15) is 28.8 Å². The summed E-state index contributed by atoms with van der Waals surface area (Å²) in [7, 11) is 3.45. The second-order valence-corrected chi connectivity index (χ2v) is 7.11. The number of fused-ring (bicyclic) bond motifs is 1. The van der Waals surface area contributed by atoms with Crippen LogP contribution in [0.4, 0.5) is 0 Å². The molecule has 1 unspecified atom stereocenters. The highest BCUT2D eigenvalue weighted by Crippen LogP contribution is 2.13. The van der Waals surface area contributed by atoms with E-state index < -0.39 is 0 Å². The molecule has 8 nitrogen and oxygen atoms in total. The molecule has 3 heterocycles. The fraction of sp³-hybridized carbons (Fsp3) is 0.625. The molecule has 0 saturated carbocycles. The van der Waals surface area contributed by atoms with E-state index >= 15 is 0 Å². The summed E-state index contributed by atoms with van der Waals surface area (Å²) in [4.78, 5) is 13.3. The summed E-state index contributed by atoms with van der Waals surface area (Å²) >= 11 is 1.69. The Hall–Kier alpha value is -1.27. The lowest BCUT2D eigenvalue weighted by Crippen LogP contribution is -2.47. The highest BCUT2D eigenvalue weighted by molar-refractivity contribution is 14.0. The molecule has 0 bridgehead atoms. The fourth-order valence-corrected chi connectivity index (χ4v) is 3.54. The van der Waals surface area contributed by atoms with Crippen molar-refractivity contribution in [3.05, 3.63) is 27.7 Å². The minimum absolute atomic E-state index is 0. The van der Waals surface area contributed by atoms with Gasteiger partial charge in [0.2, 0.25) is 0 Å². The molecular formula is C16H26IN7OS. The SMILES string of the molecule is CN=C(NCCc1csc(C)n1)NC1CCc2nc(COC)nn2C1.I. The van der Waals surface area contributed by atoms with Crippen molar-refractivity contribution in [3.8, 4) is 0 Å². The first-order chi connectivity index (χ1) is 12.2. The summed E-state index contributed by atoms with van der Waals surface area (Å²) in [6.07, 6.45) is 2.81. The monoisotopic (exact) mass is 491 g/mol. The second-order valence-electron chi connectivity index (χ2n) is 6.05. The van der Waals surface area contributed by atoms with Gasteiger partial charge in [0, 0.05) is 45.0 Å². The number of halogens is 1. The molecule has 3 rings (SSSR count). The third kappa shape index (κ3) is 5.61. The summed E-state index contributed by atoms with van der Waals surface area (Å²) in [5.74, 6) is 2.60. The van der Waals surface area contributed by atoms with Crippen LogP contribution in [0.5, 0.6) is 0 Å². The molecule has 144 valence electrons. The lowest BCUT2D eigenvalue weighted by Gasteiger charge is -2.25. The summed E-state index contributed by atoms with van der Waals surface area (Å²) in [6, 6.07) is 0.289. The predicted molar refractivity (Wildman–Crippen MR) is 113 cm³/mol. The maximum atomic E-state index is 5.11. The number of hydrogen-bond donors (Lipinski definition) is 2. The Bertz CT molecular complexity index is 730. The molecule has 0 aromatic carbocycles. The van der Waals surface area contributed by atoms with Crippen molar-refractivity contribution in [2.24, 2.45) is 4.99 Å². The third-order valence-electron chi connectivity index (χ3n) is 4.08. The third-order valence-corrected chi connectivity index (χ3v) is 4.90. The fourth-order valence-electron chi connectivity index (χ4n) is 2.89. The van der Waals surface area contributed by atoms with Crippen LogP contribution >= 0.6 is 35.3 Å². The lowest BCUT2D eigenvalue weighted by atomic mass is 10.1. The molecule has 0 fully saturated rings.